The molecule has 1 aromatic carbocycles. The van der Waals surface area contributed by atoms with Crippen molar-refractivity contribution in [3.8, 4) is 0 Å². The fourth-order valence-corrected chi connectivity index (χ4v) is 2.06. The van der Waals surface area contributed by atoms with E-state index in [1.807, 2.05) is 0 Å². The topological polar surface area (TPSA) is 34.1 Å². The predicted molar refractivity (Wildman–Crippen MR) is 63.9 cm³/mol. The van der Waals surface area contributed by atoms with E-state index in [2.05, 4.69) is 5.73 Å². The van der Waals surface area contributed by atoms with Gasteiger partial charge in [0.1, 0.15) is 0 Å². The molecule has 0 saturated heterocycles. The summed E-state index contributed by atoms with van der Waals surface area (Å²) in [5, 5.41) is 0. The Morgan fingerprint density at radius 2 is 1.24 bits per heavy atom. The molecule has 0 amide bonds. The lowest BCUT2D eigenvalue weighted by Gasteiger charge is -2.18. The SMILES string of the molecule is O=C1C2=CC=C=CC=C2C(=O)c2ccccc21. The first-order valence-electron chi connectivity index (χ1n) is 5.31. The fraction of sp³-hybridized carbons (Fsp3) is 0. The van der Waals surface area contributed by atoms with Crippen LogP contribution >= 0.6 is 0 Å². The van der Waals surface area contributed by atoms with Gasteiger partial charge in [0.05, 0.1) is 0 Å². The van der Waals surface area contributed by atoms with Gasteiger partial charge in [-0.1, -0.05) is 24.3 Å². The normalized spacial score (nSPS) is 16.9. The number of carbonyl (C=O) groups excluding carboxylic acids is 2. The lowest BCUT2D eigenvalue weighted by atomic mass is 9.82. The molecular weight excluding hydrogens is 212 g/mol. The Kier molecular flexibility index (Phi) is 2.04. The van der Waals surface area contributed by atoms with Gasteiger partial charge >= 0.3 is 0 Å². The Bertz CT molecular complexity index is 611. The maximum absolute atomic E-state index is 12.2. The van der Waals surface area contributed by atoms with Crippen LogP contribution in [0, 0.1) is 0 Å². The van der Waals surface area contributed by atoms with Crippen molar-refractivity contribution in [1.82, 2.24) is 0 Å². The first kappa shape index (κ1) is 9.76. The Hall–Kier alpha value is -2.44. The smallest absolute Gasteiger partial charge is 0.194 e. The summed E-state index contributed by atoms with van der Waals surface area (Å²) in [6.45, 7) is 0. The van der Waals surface area contributed by atoms with E-state index >= 15 is 0 Å². The van der Waals surface area contributed by atoms with Crippen molar-refractivity contribution in [2.75, 3.05) is 0 Å². The van der Waals surface area contributed by atoms with E-state index in [0.29, 0.717) is 22.3 Å². The number of Topliss-reactive ketones (excluding diaryl/α,β-unsaturated/α-hetero) is 2. The van der Waals surface area contributed by atoms with Crippen molar-refractivity contribution in [3.63, 3.8) is 0 Å². The Balaban J connectivity index is 2.32. The maximum Gasteiger partial charge on any atom is 0.194 e. The monoisotopic (exact) mass is 220 g/mol. The highest BCUT2D eigenvalue weighted by atomic mass is 16.1. The number of rotatable bonds is 0. The number of hydrogen-bond donors (Lipinski definition) is 0. The molecule has 2 heteroatoms. The van der Waals surface area contributed by atoms with Crippen molar-refractivity contribution in [1.29, 1.82) is 0 Å². The molecule has 0 spiro atoms. The van der Waals surface area contributed by atoms with E-state index < -0.39 is 0 Å². The van der Waals surface area contributed by atoms with Gasteiger partial charge in [-0.15, -0.1) is 5.73 Å². The van der Waals surface area contributed by atoms with Crippen LogP contribution in [0.4, 0.5) is 0 Å². The first-order valence-corrected chi connectivity index (χ1v) is 5.31. The number of carbonyl (C=O) groups is 2. The Morgan fingerprint density at radius 1 is 0.765 bits per heavy atom. The molecule has 1 aromatic rings. The van der Waals surface area contributed by atoms with E-state index in [1.54, 1.807) is 48.6 Å². The van der Waals surface area contributed by atoms with Crippen LogP contribution in [0.5, 0.6) is 0 Å². The molecule has 3 rings (SSSR count). The highest BCUT2D eigenvalue weighted by Crippen LogP contribution is 2.29. The molecule has 0 aromatic heterocycles. The zero-order valence-electron chi connectivity index (χ0n) is 8.94. The Labute approximate surface area is 98.3 Å². The minimum atomic E-state index is -0.0974. The lowest BCUT2D eigenvalue weighted by molar-refractivity contribution is 0.0973. The third kappa shape index (κ3) is 1.36. The highest BCUT2D eigenvalue weighted by molar-refractivity contribution is 6.31. The van der Waals surface area contributed by atoms with Gasteiger partial charge in [0.2, 0.25) is 0 Å². The standard InChI is InChI=1S/C15H8O2/c16-14-10-6-2-1-3-7-11(10)15(17)13-9-5-4-8-12(13)14/h2-9H. The van der Waals surface area contributed by atoms with Crippen LogP contribution in [-0.2, 0) is 0 Å². The predicted octanol–water partition coefficient (Wildman–Crippen LogP) is 2.64. The molecule has 2 nitrogen and oxygen atoms in total. The summed E-state index contributed by atoms with van der Waals surface area (Å²) in [6, 6.07) is 6.92. The van der Waals surface area contributed by atoms with Gasteiger partial charge in [0, 0.05) is 22.3 Å². The number of ketones is 2. The van der Waals surface area contributed by atoms with Gasteiger partial charge in [-0.25, -0.2) is 0 Å². The molecule has 0 bridgehead atoms. The molecule has 0 aliphatic heterocycles. The fourth-order valence-electron chi connectivity index (χ4n) is 2.06. The minimum Gasteiger partial charge on any atom is -0.289 e. The summed E-state index contributed by atoms with van der Waals surface area (Å²) < 4.78 is 0. The molecule has 0 unspecified atom stereocenters. The molecule has 17 heavy (non-hydrogen) atoms. The largest absolute Gasteiger partial charge is 0.289 e. The maximum atomic E-state index is 12.2. The molecule has 0 atom stereocenters. The molecule has 2 aliphatic carbocycles. The zero-order chi connectivity index (χ0) is 11.8. The summed E-state index contributed by atoms with van der Waals surface area (Å²) in [5.74, 6) is -0.195. The average Bonchev–Trinajstić information content (AvgIpc) is 2.62. The quantitative estimate of drug-likeness (QED) is 0.630. The summed E-state index contributed by atoms with van der Waals surface area (Å²) in [6.07, 6.45) is 6.59. The summed E-state index contributed by atoms with van der Waals surface area (Å²) in [4.78, 5) is 24.5. The third-order valence-corrected chi connectivity index (χ3v) is 2.89. The van der Waals surface area contributed by atoms with Crippen molar-refractivity contribution in [2.24, 2.45) is 0 Å². The van der Waals surface area contributed by atoms with Crippen LogP contribution in [-0.4, -0.2) is 11.6 Å². The van der Waals surface area contributed by atoms with Crippen LogP contribution < -0.4 is 0 Å². The lowest BCUT2D eigenvalue weighted by Crippen LogP contribution is -2.22. The van der Waals surface area contributed by atoms with Crippen molar-refractivity contribution < 1.29 is 9.59 Å². The van der Waals surface area contributed by atoms with Gasteiger partial charge in [-0.05, 0) is 24.3 Å². The summed E-state index contributed by atoms with van der Waals surface area (Å²) >= 11 is 0. The number of allylic oxidation sites excluding steroid dienone is 5. The van der Waals surface area contributed by atoms with E-state index in [-0.39, 0.29) is 11.6 Å². The van der Waals surface area contributed by atoms with Crippen LogP contribution in [0.25, 0.3) is 0 Å². The molecule has 0 fully saturated rings. The zero-order valence-corrected chi connectivity index (χ0v) is 8.94. The van der Waals surface area contributed by atoms with Crippen LogP contribution in [0.1, 0.15) is 20.7 Å². The number of fused-ring (bicyclic) bond motifs is 2. The molecule has 0 saturated carbocycles. The summed E-state index contributed by atoms with van der Waals surface area (Å²) in [5.41, 5.74) is 4.74. The number of hydrogen-bond acceptors (Lipinski definition) is 2. The highest BCUT2D eigenvalue weighted by Gasteiger charge is 2.31. The second kappa shape index (κ2) is 3.55. The van der Waals surface area contributed by atoms with Crippen molar-refractivity contribution >= 4 is 11.6 Å². The molecule has 0 radical (unpaired) electrons. The van der Waals surface area contributed by atoms with E-state index in [0.717, 1.165) is 0 Å². The van der Waals surface area contributed by atoms with E-state index in [4.69, 9.17) is 0 Å². The van der Waals surface area contributed by atoms with E-state index in [1.165, 1.54) is 0 Å². The minimum absolute atomic E-state index is 0.0974. The van der Waals surface area contributed by atoms with Gasteiger partial charge in [-0.2, -0.15) is 0 Å². The second-order valence-corrected chi connectivity index (χ2v) is 3.86. The number of benzene rings is 1. The third-order valence-electron chi connectivity index (χ3n) is 2.89. The van der Waals surface area contributed by atoms with Gasteiger partial charge < -0.3 is 0 Å². The van der Waals surface area contributed by atoms with Gasteiger partial charge in [0.15, 0.2) is 11.6 Å². The van der Waals surface area contributed by atoms with Crippen LogP contribution in [0.2, 0.25) is 0 Å². The van der Waals surface area contributed by atoms with Gasteiger partial charge in [-0.3, -0.25) is 9.59 Å². The molecular formula is C15H8O2. The van der Waals surface area contributed by atoms with Crippen molar-refractivity contribution in [2.45, 2.75) is 0 Å². The van der Waals surface area contributed by atoms with Crippen molar-refractivity contribution in [3.05, 3.63) is 76.6 Å². The molecule has 2 aliphatic rings. The Morgan fingerprint density at radius 3 is 1.71 bits per heavy atom. The molecule has 80 valence electrons. The van der Waals surface area contributed by atoms with Gasteiger partial charge in [0.25, 0.3) is 0 Å². The van der Waals surface area contributed by atoms with Crippen LogP contribution in [0.3, 0.4) is 0 Å². The van der Waals surface area contributed by atoms with E-state index in [9.17, 15) is 9.59 Å². The first-order chi connectivity index (χ1) is 8.29. The molecule has 0 heterocycles. The molecule has 0 N–H and O–H groups in total. The summed E-state index contributed by atoms with van der Waals surface area (Å²) in [7, 11) is 0. The average molecular weight is 220 g/mol. The second-order valence-electron chi connectivity index (χ2n) is 3.86. The van der Waals surface area contributed by atoms with Crippen LogP contribution in [0.15, 0.2) is 65.4 Å².